The van der Waals surface area contributed by atoms with Gasteiger partial charge >= 0.3 is 0 Å². The zero-order valence-corrected chi connectivity index (χ0v) is 10.5. The number of rotatable bonds is 4. The Hall–Kier alpha value is -0.370. The largest absolute Gasteiger partial charge is 0.370 e. The van der Waals surface area contributed by atoms with E-state index in [1.807, 2.05) is 0 Å². The minimum absolute atomic E-state index is 0.311. The molecule has 0 saturated heterocycles. The minimum atomic E-state index is -0.465. The quantitative estimate of drug-likeness (QED) is 0.715. The van der Waals surface area contributed by atoms with Crippen LogP contribution in [0.1, 0.15) is 52.9 Å². The Labute approximate surface area is 93.4 Å². The fraction of sp³-hybridized carbons (Fsp3) is 0.923. The van der Waals surface area contributed by atoms with Crippen molar-refractivity contribution in [3.63, 3.8) is 0 Å². The molecule has 0 N–H and O–H groups in total. The number of hydrogen-bond acceptors (Lipinski definition) is 2. The van der Waals surface area contributed by atoms with Crippen LogP contribution in [0.15, 0.2) is 0 Å². The van der Waals surface area contributed by atoms with Crippen molar-refractivity contribution in [2.24, 2.45) is 11.8 Å². The van der Waals surface area contributed by atoms with Crippen molar-refractivity contribution in [1.82, 2.24) is 0 Å². The molecule has 1 aliphatic rings. The summed E-state index contributed by atoms with van der Waals surface area (Å²) < 4.78 is 5.58. The van der Waals surface area contributed by atoms with Gasteiger partial charge in [0.05, 0.1) is 0 Å². The van der Waals surface area contributed by atoms with Crippen LogP contribution < -0.4 is 0 Å². The number of methoxy groups -OCH3 is 1. The Balaban J connectivity index is 2.78. The van der Waals surface area contributed by atoms with E-state index in [9.17, 15) is 4.79 Å². The topological polar surface area (TPSA) is 26.3 Å². The van der Waals surface area contributed by atoms with Gasteiger partial charge in [0, 0.05) is 13.5 Å². The monoisotopic (exact) mass is 212 g/mol. The second-order valence-corrected chi connectivity index (χ2v) is 5.23. The van der Waals surface area contributed by atoms with Crippen molar-refractivity contribution < 1.29 is 9.53 Å². The summed E-state index contributed by atoms with van der Waals surface area (Å²) in [7, 11) is 1.69. The molecule has 0 aromatic rings. The van der Waals surface area contributed by atoms with Crippen LogP contribution in [0.3, 0.4) is 0 Å². The van der Waals surface area contributed by atoms with Crippen molar-refractivity contribution in [1.29, 1.82) is 0 Å². The van der Waals surface area contributed by atoms with E-state index in [0.29, 0.717) is 24.0 Å². The van der Waals surface area contributed by atoms with Crippen LogP contribution in [0.5, 0.6) is 0 Å². The van der Waals surface area contributed by atoms with Gasteiger partial charge in [-0.25, -0.2) is 0 Å². The summed E-state index contributed by atoms with van der Waals surface area (Å²) in [5.74, 6) is 1.52. The van der Waals surface area contributed by atoms with E-state index < -0.39 is 5.60 Å². The highest BCUT2D eigenvalue weighted by Gasteiger charge is 2.43. The molecule has 0 bridgehead atoms. The number of carbonyl (C=O) groups is 1. The maximum Gasteiger partial charge on any atom is 0.164 e. The Kier molecular flexibility index (Phi) is 4.32. The number of Topliss-reactive ketones (excluding diaryl/α,β-unsaturated/α-hetero) is 1. The van der Waals surface area contributed by atoms with Crippen molar-refractivity contribution >= 4 is 5.78 Å². The number of carbonyl (C=O) groups excluding carboxylic acids is 1. The second-order valence-electron chi connectivity index (χ2n) is 5.23. The van der Waals surface area contributed by atoms with Crippen LogP contribution in [-0.2, 0) is 9.53 Å². The normalized spacial score (nSPS) is 36.5. The highest BCUT2D eigenvalue weighted by Crippen LogP contribution is 2.39. The molecule has 1 rings (SSSR count). The van der Waals surface area contributed by atoms with Gasteiger partial charge in [0.25, 0.3) is 0 Å². The first kappa shape index (κ1) is 12.7. The molecule has 2 heteroatoms. The predicted molar refractivity (Wildman–Crippen MR) is 61.8 cm³/mol. The molecule has 0 amide bonds. The molecule has 1 fully saturated rings. The highest BCUT2D eigenvalue weighted by molar-refractivity contribution is 5.87. The first-order valence-electron chi connectivity index (χ1n) is 6.12. The summed E-state index contributed by atoms with van der Waals surface area (Å²) in [4.78, 5) is 12.1. The van der Waals surface area contributed by atoms with Gasteiger partial charge in [0.2, 0.25) is 0 Å². The lowest BCUT2D eigenvalue weighted by Crippen LogP contribution is -2.46. The van der Waals surface area contributed by atoms with Gasteiger partial charge in [0.1, 0.15) is 5.60 Å². The molecule has 88 valence electrons. The van der Waals surface area contributed by atoms with E-state index in [0.717, 1.165) is 19.3 Å². The lowest BCUT2D eigenvalue weighted by molar-refractivity contribution is -0.149. The van der Waals surface area contributed by atoms with Gasteiger partial charge in [-0.15, -0.1) is 0 Å². The lowest BCUT2D eigenvalue weighted by Gasteiger charge is -2.40. The Morgan fingerprint density at radius 2 is 1.87 bits per heavy atom. The molecule has 0 aliphatic heterocycles. The maximum absolute atomic E-state index is 12.1. The Bertz CT molecular complexity index is 213. The third-order valence-corrected chi connectivity index (χ3v) is 3.54. The molecule has 2 atom stereocenters. The van der Waals surface area contributed by atoms with Crippen LogP contribution >= 0.6 is 0 Å². The van der Waals surface area contributed by atoms with E-state index in [2.05, 4.69) is 20.8 Å². The molecule has 0 spiro atoms. The summed E-state index contributed by atoms with van der Waals surface area (Å²) >= 11 is 0. The van der Waals surface area contributed by atoms with Gasteiger partial charge in [-0.2, -0.15) is 0 Å². The van der Waals surface area contributed by atoms with Crippen LogP contribution in [0.4, 0.5) is 0 Å². The third-order valence-electron chi connectivity index (χ3n) is 3.54. The highest BCUT2D eigenvalue weighted by atomic mass is 16.5. The molecule has 0 radical (unpaired) electrons. The first-order valence-corrected chi connectivity index (χ1v) is 6.12. The van der Waals surface area contributed by atoms with Gasteiger partial charge in [-0.05, 0) is 37.5 Å². The molecule has 2 unspecified atom stereocenters. The van der Waals surface area contributed by atoms with Crippen molar-refractivity contribution in [3.8, 4) is 0 Å². The van der Waals surface area contributed by atoms with E-state index >= 15 is 0 Å². The molecule has 0 aromatic carbocycles. The predicted octanol–water partition coefficient (Wildman–Crippen LogP) is 3.20. The summed E-state index contributed by atoms with van der Waals surface area (Å²) in [6, 6.07) is 0. The molecule has 1 saturated carbocycles. The fourth-order valence-electron chi connectivity index (χ4n) is 3.03. The third kappa shape index (κ3) is 2.81. The number of ketones is 1. The molecule has 15 heavy (non-hydrogen) atoms. The molecule has 2 nitrogen and oxygen atoms in total. The SMILES string of the molecule is CCCC(=O)C1(OC)CC(C)CC(C)C1. The van der Waals surface area contributed by atoms with E-state index in [-0.39, 0.29) is 0 Å². The van der Waals surface area contributed by atoms with E-state index in [1.165, 1.54) is 6.42 Å². The van der Waals surface area contributed by atoms with Gasteiger partial charge in [-0.1, -0.05) is 20.8 Å². The van der Waals surface area contributed by atoms with E-state index in [1.54, 1.807) is 7.11 Å². The average molecular weight is 212 g/mol. The van der Waals surface area contributed by atoms with Crippen LogP contribution in [0.2, 0.25) is 0 Å². The van der Waals surface area contributed by atoms with Crippen LogP contribution in [0.25, 0.3) is 0 Å². The summed E-state index contributed by atoms with van der Waals surface area (Å²) in [6.45, 7) is 6.50. The molecule has 0 aromatic heterocycles. The molecule has 0 heterocycles. The summed E-state index contributed by atoms with van der Waals surface area (Å²) in [5.41, 5.74) is -0.465. The smallest absolute Gasteiger partial charge is 0.164 e. The van der Waals surface area contributed by atoms with Crippen LogP contribution in [-0.4, -0.2) is 18.5 Å². The molecular formula is C13H24O2. The van der Waals surface area contributed by atoms with Crippen LogP contribution in [0, 0.1) is 11.8 Å². The lowest BCUT2D eigenvalue weighted by atomic mass is 9.71. The van der Waals surface area contributed by atoms with Crippen molar-refractivity contribution in [2.45, 2.75) is 58.5 Å². The minimum Gasteiger partial charge on any atom is -0.370 e. The molecule has 1 aliphatic carbocycles. The standard InChI is InChI=1S/C13H24O2/c1-5-6-12(14)13(15-4)8-10(2)7-11(3)9-13/h10-11H,5-9H2,1-4H3. The number of ether oxygens (including phenoxy) is 1. The fourth-order valence-corrected chi connectivity index (χ4v) is 3.03. The zero-order chi connectivity index (χ0) is 11.5. The summed E-state index contributed by atoms with van der Waals surface area (Å²) in [6.07, 6.45) is 4.63. The average Bonchev–Trinajstić information content (AvgIpc) is 2.16. The maximum atomic E-state index is 12.1. The van der Waals surface area contributed by atoms with Crippen molar-refractivity contribution in [3.05, 3.63) is 0 Å². The molecular weight excluding hydrogens is 188 g/mol. The summed E-state index contributed by atoms with van der Waals surface area (Å²) in [5, 5.41) is 0. The Morgan fingerprint density at radius 1 is 1.33 bits per heavy atom. The van der Waals surface area contributed by atoms with Gasteiger partial charge < -0.3 is 4.74 Å². The number of hydrogen-bond donors (Lipinski definition) is 0. The van der Waals surface area contributed by atoms with E-state index in [4.69, 9.17) is 4.74 Å². The van der Waals surface area contributed by atoms with Gasteiger partial charge in [0.15, 0.2) is 5.78 Å². The Morgan fingerprint density at radius 3 is 2.27 bits per heavy atom. The zero-order valence-electron chi connectivity index (χ0n) is 10.5. The van der Waals surface area contributed by atoms with Crippen molar-refractivity contribution in [2.75, 3.05) is 7.11 Å². The van der Waals surface area contributed by atoms with Gasteiger partial charge in [-0.3, -0.25) is 4.79 Å². The first-order chi connectivity index (χ1) is 7.04. The second kappa shape index (κ2) is 5.11.